The Morgan fingerprint density at radius 1 is 1.54 bits per heavy atom. The van der Waals surface area contributed by atoms with Crippen LogP contribution in [0.4, 0.5) is 0 Å². The molecular weight excluding hydrogens is 207 g/mol. The van der Waals surface area contributed by atoms with Gasteiger partial charge in [-0.1, -0.05) is 0 Å². The molecule has 1 radical (unpaired) electrons. The fourth-order valence-corrected chi connectivity index (χ4v) is 1.88. The highest BCUT2D eigenvalue weighted by atomic mass is 32.2. The lowest BCUT2D eigenvalue weighted by molar-refractivity contribution is 0.410. The SMILES string of the molecule is CSc1ccc(O[P](=O)O)cc1C. The van der Waals surface area contributed by atoms with Crippen LogP contribution in [0.15, 0.2) is 23.1 Å². The smallest absolute Gasteiger partial charge is 0.398 e. The summed E-state index contributed by atoms with van der Waals surface area (Å²) in [7, 11) is -2.56. The number of hydrogen-bond donors (Lipinski definition) is 1. The molecule has 0 aliphatic rings. The molecule has 13 heavy (non-hydrogen) atoms. The van der Waals surface area contributed by atoms with Crippen LogP contribution in [0.3, 0.4) is 0 Å². The Bertz CT molecular complexity index is 327. The molecule has 1 atom stereocenters. The molecule has 0 saturated carbocycles. The standard InChI is InChI=1S/C8H10O3PS/c1-6-5-7(11-12(9)10)3-4-8(6)13-2/h3-5H,1-2H3,(H,9,10). The van der Waals surface area contributed by atoms with Gasteiger partial charge in [0.05, 0.1) is 0 Å². The quantitative estimate of drug-likeness (QED) is 0.624. The number of rotatable bonds is 3. The fraction of sp³-hybridized carbons (Fsp3) is 0.250. The zero-order chi connectivity index (χ0) is 9.84. The predicted molar refractivity (Wildman–Crippen MR) is 53.4 cm³/mol. The predicted octanol–water partition coefficient (Wildman–Crippen LogP) is 2.75. The van der Waals surface area contributed by atoms with Crippen LogP contribution in [-0.2, 0) is 4.57 Å². The lowest BCUT2D eigenvalue weighted by atomic mass is 10.2. The van der Waals surface area contributed by atoms with Crippen LogP contribution in [0.5, 0.6) is 5.75 Å². The normalized spacial score (nSPS) is 11.2. The van der Waals surface area contributed by atoms with Crippen molar-refractivity contribution in [1.29, 1.82) is 0 Å². The summed E-state index contributed by atoms with van der Waals surface area (Å²) in [5.41, 5.74) is 1.04. The van der Waals surface area contributed by atoms with Gasteiger partial charge in [-0.15, -0.1) is 11.8 Å². The Hall–Kier alpha value is -0.570. The van der Waals surface area contributed by atoms with Gasteiger partial charge in [0, 0.05) is 4.90 Å². The molecule has 0 bridgehead atoms. The molecule has 0 aliphatic heterocycles. The van der Waals surface area contributed by atoms with Crippen molar-refractivity contribution in [3.05, 3.63) is 23.8 Å². The van der Waals surface area contributed by atoms with Crippen molar-refractivity contribution in [2.75, 3.05) is 6.26 Å². The van der Waals surface area contributed by atoms with Crippen molar-refractivity contribution in [2.45, 2.75) is 11.8 Å². The fourth-order valence-electron chi connectivity index (χ4n) is 0.998. The van der Waals surface area contributed by atoms with E-state index in [1.807, 2.05) is 19.2 Å². The Kier molecular flexibility index (Phi) is 3.72. The molecule has 0 aromatic heterocycles. The van der Waals surface area contributed by atoms with E-state index in [-0.39, 0.29) is 0 Å². The summed E-state index contributed by atoms with van der Waals surface area (Å²) in [6.45, 7) is 1.93. The number of aryl methyl sites for hydroxylation is 1. The van der Waals surface area contributed by atoms with E-state index in [1.165, 1.54) is 0 Å². The van der Waals surface area contributed by atoms with Gasteiger partial charge in [0.15, 0.2) is 0 Å². The molecule has 0 spiro atoms. The maximum atomic E-state index is 10.4. The first-order valence-electron chi connectivity index (χ1n) is 3.62. The minimum absolute atomic E-state index is 0.430. The summed E-state index contributed by atoms with van der Waals surface area (Å²) in [5, 5.41) is 0. The Morgan fingerprint density at radius 3 is 2.69 bits per heavy atom. The maximum Gasteiger partial charge on any atom is 0.426 e. The van der Waals surface area contributed by atoms with Crippen LogP contribution < -0.4 is 4.52 Å². The molecule has 0 aliphatic carbocycles. The van der Waals surface area contributed by atoms with Crippen LogP contribution >= 0.6 is 20.0 Å². The van der Waals surface area contributed by atoms with Crippen molar-refractivity contribution < 1.29 is 14.0 Å². The van der Waals surface area contributed by atoms with Crippen molar-refractivity contribution in [1.82, 2.24) is 0 Å². The monoisotopic (exact) mass is 217 g/mol. The van der Waals surface area contributed by atoms with Crippen LogP contribution in [-0.4, -0.2) is 11.1 Å². The van der Waals surface area contributed by atoms with E-state index in [0.29, 0.717) is 5.75 Å². The Labute approximate surface area is 82.1 Å². The van der Waals surface area contributed by atoms with Crippen molar-refractivity contribution in [3.8, 4) is 5.75 Å². The first-order chi connectivity index (χ1) is 6.13. The molecule has 1 rings (SSSR count). The third kappa shape index (κ3) is 2.99. The van der Waals surface area contributed by atoms with Crippen molar-refractivity contribution >= 4 is 20.0 Å². The van der Waals surface area contributed by atoms with Crippen molar-refractivity contribution in [3.63, 3.8) is 0 Å². The molecule has 71 valence electrons. The van der Waals surface area contributed by atoms with Gasteiger partial charge in [-0.2, -0.15) is 0 Å². The van der Waals surface area contributed by atoms with E-state index in [0.717, 1.165) is 10.5 Å². The zero-order valence-electron chi connectivity index (χ0n) is 7.35. The maximum absolute atomic E-state index is 10.4. The van der Waals surface area contributed by atoms with E-state index in [1.54, 1.807) is 23.9 Å². The molecule has 0 heterocycles. The molecule has 5 heteroatoms. The molecule has 0 saturated heterocycles. The topological polar surface area (TPSA) is 46.5 Å². The Balaban J connectivity index is 2.89. The van der Waals surface area contributed by atoms with E-state index in [4.69, 9.17) is 4.89 Å². The molecule has 1 aromatic rings. The summed E-state index contributed by atoms with van der Waals surface area (Å²) in [6.07, 6.45) is 1.98. The summed E-state index contributed by atoms with van der Waals surface area (Å²) in [5.74, 6) is 0.430. The summed E-state index contributed by atoms with van der Waals surface area (Å²) >= 11 is 1.63. The van der Waals surface area contributed by atoms with Gasteiger partial charge in [-0.25, -0.2) is 4.57 Å². The lowest BCUT2D eigenvalue weighted by Gasteiger charge is -2.04. The van der Waals surface area contributed by atoms with Crippen LogP contribution in [0.25, 0.3) is 0 Å². The second-order valence-electron chi connectivity index (χ2n) is 2.46. The minimum Gasteiger partial charge on any atom is -0.398 e. The van der Waals surface area contributed by atoms with Gasteiger partial charge >= 0.3 is 8.25 Å². The zero-order valence-corrected chi connectivity index (χ0v) is 9.06. The summed E-state index contributed by atoms with van der Waals surface area (Å²) in [6, 6.07) is 5.30. The molecule has 1 aromatic carbocycles. The highest BCUT2D eigenvalue weighted by Gasteiger charge is 2.02. The van der Waals surface area contributed by atoms with E-state index in [2.05, 4.69) is 4.52 Å². The average Bonchev–Trinajstić information content (AvgIpc) is 2.03. The van der Waals surface area contributed by atoms with E-state index < -0.39 is 8.25 Å². The number of benzene rings is 1. The average molecular weight is 217 g/mol. The molecule has 1 unspecified atom stereocenters. The number of hydrogen-bond acceptors (Lipinski definition) is 3. The molecule has 0 amide bonds. The highest BCUT2D eigenvalue weighted by Crippen LogP contribution is 2.28. The highest BCUT2D eigenvalue weighted by molar-refractivity contribution is 7.98. The molecule has 1 N–H and O–H groups in total. The summed E-state index contributed by atoms with van der Waals surface area (Å²) < 4.78 is 15.0. The van der Waals surface area contributed by atoms with Crippen LogP contribution in [0, 0.1) is 6.92 Å². The molecular formula is C8H10O3PS. The third-order valence-electron chi connectivity index (χ3n) is 1.55. The van der Waals surface area contributed by atoms with E-state index >= 15 is 0 Å². The first-order valence-corrected chi connectivity index (χ1v) is 5.97. The second-order valence-corrected chi connectivity index (χ2v) is 3.97. The van der Waals surface area contributed by atoms with Gasteiger partial charge < -0.3 is 4.52 Å². The summed E-state index contributed by atoms with van der Waals surface area (Å²) in [4.78, 5) is 9.64. The van der Waals surface area contributed by atoms with Crippen molar-refractivity contribution in [2.24, 2.45) is 0 Å². The van der Waals surface area contributed by atoms with E-state index in [9.17, 15) is 4.57 Å². The molecule has 0 fully saturated rings. The van der Waals surface area contributed by atoms with Gasteiger partial charge in [0.2, 0.25) is 0 Å². The Morgan fingerprint density at radius 2 is 2.23 bits per heavy atom. The number of thioether (sulfide) groups is 1. The lowest BCUT2D eigenvalue weighted by Crippen LogP contribution is -1.83. The van der Waals surface area contributed by atoms with Crippen LogP contribution in [0.1, 0.15) is 5.56 Å². The first kappa shape index (κ1) is 10.5. The van der Waals surface area contributed by atoms with Gasteiger partial charge in [0.25, 0.3) is 0 Å². The second kappa shape index (κ2) is 4.61. The molecule has 3 nitrogen and oxygen atoms in total. The largest absolute Gasteiger partial charge is 0.426 e. The van der Waals surface area contributed by atoms with Crippen LogP contribution in [0.2, 0.25) is 0 Å². The van der Waals surface area contributed by atoms with Gasteiger partial charge in [-0.05, 0) is 36.9 Å². The van der Waals surface area contributed by atoms with Gasteiger partial charge in [-0.3, -0.25) is 4.89 Å². The van der Waals surface area contributed by atoms with Gasteiger partial charge in [0.1, 0.15) is 5.75 Å². The minimum atomic E-state index is -2.56. The third-order valence-corrected chi connectivity index (χ3v) is 2.81.